The summed E-state index contributed by atoms with van der Waals surface area (Å²) in [7, 11) is -7.76. The first kappa shape index (κ1) is 21.8. The topological polar surface area (TPSA) is 135 Å². The van der Waals surface area contributed by atoms with Gasteiger partial charge in [-0.1, -0.05) is 12.1 Å². The third-order valence-electron chi connectivity index (χ3n) is 3.72. The minimum absolute atomic E-state index is 0.0813. The molecule has 0 saturated carbocycles. The van der Waals surface area contributed by atoms with Gasteiger partial charge in [0.2, 0.25) is 15.9 Å². The van der Waals surface area contributed by atoms with E-state index in [0.717, 1.165) is 12.3 Å². The lowest BCUT2D eigenvalue weighted by Crippen LogP contribution is -2.30. The molecule has 4 N–H and O–H groups in total. The number of carbonyl (C=O) groups excluding carboxylic acids is 1. The molecule has 0 aliphatic carbocycles. The summed E-state index contributed by atoms with van der Waals surface area (Å²) in [6, 6.07) is 9.04. The Balaban J connectivity index is 1.97. The number of sulfone groups is 1. The molecule has 0 spiro atoms. The van der Waals surface area contributed by atoms with Gasteiger partial charge < -0.3 is 10.6 Å². The summed E-state index contributed by atoms with van der Waals surface area (Å²) < 4.78 is 59.5. The maximum atomic E-state index is 12.8. The van der Waals surface area contributed by atoms with E-state index in [2.05, 4.69) is 10.6 Å². The van der Waals surface area contributed by atoms with E-state index >= 15 is 0 Å². The number of nitrogens with two attached hydrogens (primary N) is 1. The van der Waals surface area contributed by atoms with Crippen LogP contribution in [0.25, 0.3) is 0 Å². The number of nitrogens with one attached hydrogen (secondary N) is 2. The molecule has 0 aromatic heterocycles. The van der Waals surface area contributed by atoms with E-state index in [1.807, 2.05) is 0 Å². The van der Waals surface area contributed by atoms with Crippen LogP contribution in [0.15, 0.2) is 52.3 Å². The number of carbonyl (C=O) groups is 1. The lowest BCUT2D eigenvalue weighted by atomic mass is 10.1. The SMILES string of the molecule is CS(=O)(=O)c1cc(S(N)(=O)=O)ccc1NCCNC(=O)Cc1ccc(F)cc1. The van der Waals surface area contributed by atoms with E-state index in [9.17, 15) is 26.0 Å². The van der Waals surface area contributed by atoms with Gasteiger partial charge >= 0.3 is 0 Å². The highest BCUT2D eigenvalue weighted by atomic mass is 32.2. The number of sulfonamides is 1. The lowest BCUT2D eigenvalue weighted by Gasteiger charge is -2.13. The average Bonchev–Trinajstić information content (AvgIpc) is 2.59. The van der Waals surface area contributed by atoms with E-state index in [-0.39, 0.29) is 46.7 Å². The maximum absolute atomic E-state index is 12.8. The Kier molecular flexibility index (Phi) is 6.75. The van der Waals surface area contributed by atoms with Crippen LogP contribution in [0.4, 0.5) is 10.1 Å². The van der Waals surface area contributed by atoms with Gasteiger partial charge in [-0.3, -0.25) is 4.79 Å². The zero-order chi connectivity index (χ0) is 20.9. The van der Waals surface area contributed by atoms with Gasteiger partial charge in [0.05, 0.1) is 21.9 Å². The second-order valence-corrected chi connectivity index (χ2v) is 9.60. The molecule has 28 heavy (non-hydrogen) atoms. The molecule has 2 aromatic rings. The normalized spacial score (nSPS) is 11.8. The molecule has 0 fully saturated rings. The van der Waals surface area contributed by atoms with Crippen molar-refractivity contribution in [1.29, 1.82) is 0 Å². The van der Waals surface area contributed by atoms with Crippen LogP contribution in [0.2, 0.25) is 0 Å². The highest BCUT2D eigenvalue weighted by molar-refractivity contribution is 7.91. The van der Waals surface area contributed by atoms with Gasteiger partial charge in [0.15, 0.2) is 9.84 Å². The van der Waals surface area contributed by atoms with Crippen molar-refractivity contribution in [1.82, 2.24) is 5.32 Å². The van der Waals surface area contributed by atoms with Crippen molar-refractivity contribution in [2.24, 2.45) is 5.14 Å². The molecule has 11 heteroatoms. The fourth-order valence-corrected chi connectivity index (χ4v) is 3.88. The predicted octanol–water partition coefficient (Wildman–Crippen LogP) is 0.647. The monoisotopic (exact) mass is 429 g/mol. The van der Waals surface area contributed by atoms with Crippen molar-refractivity contribution in [2.45, 2.75) is 16.2 Å². The van der Waals surface area contributed by atoms with E-state index in [4.69, 9.17) is 5.14 Å². The molecular formula is C17H20FN3O5S2. The summed E-state index contributed by atoms with van der Waals surface area (Å²) in [5, 5.41) is 10.5. The fourth-order valence-electron chi connectivity index (χ4n) is 2.38. The van der Waals surface area contributed by atoms with Crippen molar-refractivity contribution in [2.75, 3.05) is 24.7 Å². The molecule has 0 bridgehead atoms. The molecule has 0 atom stereocenters. The first-order valence-corrected chi connectivity index (χ1v) is 11.5. The quantitative estimate of drug-likeness (QED) is 0.527. The first-order valence-electron chi connectivity index (χ1n) is 8.09. The minimum atomic E-state index is -4.04. The lowest BCUT2D eigenvalue weighted by molar-refractivity contribution is -0.120. The number of benzene rings is 2. The molecule has 0 aliphatic rings. The highest BCUT2D eigenvalue weighted by Gasteiger charge is 2.18. The van der Waals surface area contributed by atoms with E-state index in [1.54, 1.807) is 0 Å². The Morgan fingerprint density at radius 3 is 2.25 bits per heavy atom. The van der Waals surface area contributed by atoms with Crippen LogP contribution in [0.1, 0.15) is 5.56 Å². The summed E-state index contributed by atoms with van der Waals surface area (Å²) in [6.45, 7) is 0.395. The summed E-state index contributed by atoms with van der Waals surface area (Å²) in [4.78, 5) is 11.4. The molecular weight excluding hydrogens is 409 g/mol. The highest BCUT2D eigenvalue weighted by Crippen LogP contribution is 2.24. The number of primary sulfonamides is 1. The third kappa shape index (κ3) is 6.29. The first-order chi connectivity index (χ1) is 13.0. The number of hydrogen-bond donors (Lipinski definition) is 3. The maximum Gasteiger partial charge on any atom is 0.238 e. The minimum Gasteiger partial charge on any atom is -0.382 e. The molecule has 8 nitrogen and oxygen atoms in total. The molecule has 0 heterocycles. The fraction of sp³-hybridized carbons (Fsp3) is 0.235. The average molecular weight is 429 g/mol. The zero-order valence-electron chi connectivity index (χ0n) is 15.0. The number of rotatable bonds is 8. The van der Waals surface area contributed by atoms with Crippen LogP contribution in [0.5, 0.6) is 0 Å². The summed E-state index contributed by atoms with van der Waals surface area (Å²) in [5.41, 5.74) is 0.854. The van der Waals surface area contributed by atoms with Gasteiger partial charge in [-0.25, -0.2) is 26.4 Å². The largest absolute Gasteiger partial charge is 0.382 e. The summed E-state index contributed by atoms with van der Waals surface area (Å²) >= 11 is 0. The standard InChI is InChI=1S/C17H20FN3O5S2/c1-27(23,24)16-11-14(28(19,25)26)6-7-15(16)20-8-9-21-17(22)10-12-2-4-13(18)5-3-12/h2-7,11,20H,8-10H2,1H3,(H,21,22)(H2,19,25,26). The van der Waals surface area contributed by atoms with Crippen molar-refractivity contribution in [3.8, 4) is 0 Å². The Labute approximate surface area is 162 Å². The van der Waals surface area contributed by atoms with Gasteiger partial charge in [0.1, 0.15) is 5.82 Å². The van der Waals surface area contributed by atoms with E-state index in [0.29, 0.717) is 5.56 Å². The van der Waals surface area contributed by atoms with Crippen molar-refractivity contribution in [3.05, 3.63) is 53.8 Å². The Bertz CT molecular complexity index is 1070. The molecule has 2 aromatic carbocycles. The summed E-state index contributed by atoms with van der Waals surface area (Å²) in [6.07, 6.45) is 1.03. The van der Waals surface area contributed by atoms with Crippen molar-refractivity contribution in [3.63, 3.8) is 0 Å². The molecule has 0 radical (unpaired) electrons. The zero-order valence-corrected chi connectivity index (χ0v) is 16.6. The van der Waals surface area contributed by atoms with E-state index in [1.165, 1.54) is 36.4 Å². The number of amides is 1. The summed E-state index contributed by atoms with van der Waals surface area (Å²) in [5.74, 6) is -0.662. The third-order valence-corrected chi connectivity index (χ3v) is 5.77. The second-order valence-electron chi connectivity index (χ2n) is 6.06. The number of halogens is 1. The molecule has 152 valence electrons. The molecule has 1 amide bonds. The second kappa shape index (κ2) is 8.67. The van der Waals surface area contributed by atoms with Crippen molar-refractivity contribution >= 4 is 31.5 Å². The van der Waals surface area contributed by atoms with Gasteiger partial charge in [-0.2, -0.15) is 0 Å². The van der Waals surface area contributed by atoms with Crippen LogP contribution >= 0.6 is 0 Å². The number of hydrogen-bond acceptors (Lipinski definition) is 6. The van der Waals surface area contributed by atoms with Crippen LogP contribution < -0.4 is 15.8 Å². The Morgan fingerprint density at radius 1 is 1.04 bits per heavy atom. The predicted molar refractivity (Wildman–Crippen MR) is 103 cm³/mol. The van der Waals surface area contributed by atoms with Crippen LogP contribution in [-0.2, 0) is 31.1 Å². The molecule has 0 unspecified atom stereocenters. The molecule has 0 aliphatic heterocycles. The van der Waals surface area contributed by atoms with Gasteiger partial charge in [-0.05, 0) is 35.9 Å². The Hall–Kier alpha value is -2.50. The van der Waals surface area contributed by atoms with Crippen LogP contribution in [0, 0.1) is 5.82 Å². The van der Waals surface area contributed by atoms with Crippen LogP contribution in [0.3, 0.4) is 0 Å². The Morgan fingerprint density at radius 2 is 1.68 bits per heavy atom. The molecule has 0 saturated heterocycles. The number of anilines is 1. The van der Waals surface area contributed by atoms with Gasteiger partial charge in [0.25, 0.3) is 0 Å². The van der Waals surface area contributed by atoms with Crippen molar-refractivity contribution < 1.29 is 26.0 Å². The van der Waals surface area contributed by atoms with Crippen LogP contribution in [-0.4, -0.2) is 42.1 Å². The smallest absolute Gasteiger partial charge is 0.238 e. The van der Waals surface area contributed by atoms with Gasteiger partial charge in [0, 0.05) is 19.3 Å². The van der Waals surface area contributed by atoms with E-state index < -0.39 is 19.9 Å². The van der Waals surface area contributed by atoms with Gasteiger partial charge in [-0.15, -0.1) is 0 Å². The molecule has 2 rings (SSSR count).